The highest BCUT2D eigenvalue weighted by Crippen LogP contribution is 2.52. The zero-order valence-corrected chi connectivity index (χ0v) is 28.7. The van der Waals surface area contributed by atoms with Crippen LogP contribution in [0.4, 0.5) is 19.0 Å². The zero-order valence-electron chi connectivity index (χ0n) is 28.7. The van der Waals surface area contributed by atoms with Crippen molar-refractivity contribution in [2.45, 2.75) is 77.5 Å². The minimum Gasteiger partial charge on any atom is -0.490 e. The Kier molecular flexibility index (Phi) is 10.1. The molecule has 50 heavy (non-hydrogen) atoms. The molecule has 0 bridgehead atoms. The number of amides is 1. The van der Waals surface area contributed by atoms with E-state index in [2.05, 4.69) is 30.0 Å². The highest BCUT2D eigenvalue weighted by molar-refractivity contribution is 5.97. The van der Waals surface area contributed by atoms with Crippen molar-refractivity contribution in [1.82, 2.24) is 34.9 Å². The summed E-state index contributed by atoms with van der Waals surface area (Å²) in [5.74, 6) is -0.0361. The summed E-state index contributed by atoms with van der Waals surface area (Å²) in [6.07, 6.45) is 7.13. The molecule has 0 unspecified atom stereocenters. The van der Waals surface area contributed by atoms with E-state index in [4.69, 9.17) is 9.47 Å². The molecule has 1 saturated carbocycles. The summed E-state index contributed by atoms with van der Waals surface area (Å²) in [4.78, 5) is 30.5. The lowest BCUT2D eigenvalue weighted by Gasteiger charge is -2.58. The van der Waals surface area contributed by atoms with Crippen LogP contribution in [0, 0.1) is 11.2 Å². The predicted octanol–water partition coefficient (Wildman–Crippen LogP) is 5.21. The molecular weight excluding hydrogens is 649 g/mol. The van der Waals surface area contributed by atoms with Gasteiger partial charge in [0.1, 0.15) is 29.7 Å². The Hall–Kier alpha value is -4.04. The Bertz CT molecular complexity index is 1660. The fraction of sp³-hybridized carbons (Fsp3) is 0.583. The van der Waals surface area contributed by atoms with Crippen molar-refractivity contribution < 1.29 is 27.4 Å². The molecule has 7 rings (SSSR count). The van der Waals surface area contributed by atoms with Crippen molar-refractivity contribution in [3.8, 4) is 17.4 Å². The summed E-state index contributed by atoms with van der Waals surface area (Å²) in [6.45, 7) is 10.5. The van der Waals surface area contributed by atoms with Crippen molar-refractivity contribution >= 4 is 11.7 Å². The monoisotopic (exact) mass is 694 g/mol. The number of benzene rings is 1. The fourth-order valence-electron chi connectivity index (χ4n) is 7.87. The van der Waals surface area contributed by atoms with Crippen LogP contribution >= 0.6 is 0 Å². The summed E-state index contributed by atoms with van der Waals surface area (Å²) < 4.78 is 53.5. The maximum Gasteiger partial charge on any atom is 0.282 e. The maximum atomic E-state index is 14.3. The molecule has 4 aliphatic rings. The van der Waals surface area contributed by atoms with Gasteiger partial charge in [0.15, 0.2) is 5.82 Å². The molecule has 3 fully saturated rings. The molecule has 0 N–H and O–H groups in total. The fourth-order valence-corrected chi connectivity index (χ4v) is 7.87. The summed E-state index contributed by atoms with van der Waals surface area (Å²) in [7, 11) is 0. The van der Waals surface area contributed by atoms with Crippen molar-refractivity contribution in [2.24, 2.45) is 5.41 Å². The molecule has 3 aromatic rings. The molecule has 5 heterocycles. The van der Waals surface area contributed by atoms with Crippen LogP contribution in [0.2, 0.25) is 0 Å². The number of hydrogen-bond donors (Lipinski definition) is 0. The van der Waals surface area contributed by atoms with Crippen LogP contribution in [-0.4, -0.2) is 112 Å². The van der Waals surface area contributed by atoms with Gasteiger partial charge in [-0.1, -0.05) is 0 Å². The highest BCUT2D eigenvalue weighted by Gasteiger charge is 2.54. The van der Waals surface area contributed by atoms with E-state index < -0.39 is 30.7 Å². The van der Waals surface area contributed by atoms with E-state index in [1.807, 2.05) is 17.2 Å². The van der Waals surface area contributed by atoms with Crippen molar-refractivity contribution in [1.29, 1.82) is 0 Å². The van der Waals surface area contributed by atoms with Gasteiger partial charge in [0, 0.05) is 61.5 Å². The smallest absolute Gasteiger partial charge is 0.282 e. The number of nitrogens with zero attached hydrogens (tertiary/aromatic N) is 8. The lowest BCUT2D eigenvalue weighted by Crippen LogP contribution is -2.65. The van der Waals surface area contributed by atoms with E-state index in [1.165, 1.54) is 56.9 Å². The molecule has 11 nitrogen and oxygen atoms in total. The number of carbonyl (C=O) groups excluding carboxylic acids is 1. The predicted molar refractivity (Wildman–Crippen MR) is 180 cm³/mol. The second-order valence-corrected chi connectivity index (χ2v) is 14.4. The Morgan fingerprint density at radius 3 is 2.58 bits per heavy atom. The van der Waals surface area contributed by atoms with Crippen molar-refractivity contribution in [3.63, 3.8) is 0 Å². The average molecular weight is 695 g/mol. The summed E-state index contributed by atoms with van der Waals surface area (Å²) in [5, 5.41) is 7.99. The van der Waals surface area contributed by atoms with E-state index in [0.717, 1.165) is 67.4 Å². The molecule has 1 aromatic carbocycles. The van der Waals surface area contributed by atoms with Gasteiger partial charge >= 0.3 is 0 Å². The maximum absolute atomic E-state index is 14.3. The third-order valence-electron chi connectivity index (χ3n) is 10.4. The lowest BCUT2D eigenvalue weighted by atomic mass is 9.61. The van der Waals surface area contributed by atoms with Crippen LogP contribution in [0.5, 0.6) is 17.4 Å². The quantitative estimate of drug-likeness (QED) is 0.237. The molecule has 1 amide bonds. The first-order chi connectivity index (χ1) is 24.2. The minimum absolute atomic E-state index is 0.0157. The number of halogens is 3. The van der Waals surface area contributed by atoms with Gasteiger partial charge in [0.05, 0.1) is 12.1 Å². The Labute approximate surface area is 290 Å². The average Bonchev–Trinajstić information content (AvgIpc) is 3.58. The number of pyridine rings is 1. The van der Waals surface area contributed by atoms with Gasteiger partial charge in [-0.25, -0.2) is 18.2 Å². The van der Waals surface area contributed by atoms with E-state index in [-0.39, 0.29) is 28.7 Å². The van der Waals surface area contributed by atoms with Gasteiger partial charge in [-0.05, 0) is 96.4 Å². The van der Waals surface area contributed by atoms with Gasteiger partial charge in [0.25, 0.3) is 18.2 Å². The summed E-state index contributed by atoms with van der Waals surface area (Å²) in [5.41, 5.74) is 2.25. The number of ether oxygens (including phenoxy) is 2. The van der Waals surface area contributed by atoms with E-state index in [9.17, 15) is 18.0 Å². The summed E-state index contributed by atoms with van der Waals surface area (Å²) >= 11 is 0. The zero-order chi connectivity index (χ0) is 34.8. The molecule has 2 aromatic heterocycles. The van der Waals surface area contributed by atoms with Crippen LogP contribution in [0.1, 0.15) is 67.6 Å². The standard InChI is InChI=1S/C36H45F3N8O3/c1-24(2)47(20-32(38)39)35(48)27-16-25(37)6-7-30(27)50-34-33(41-23-42-43-34)46-21-36(22-46)17-26(18-36)49-31-8-10-40-29-9-15-45(19-28(29)31)14-5-13-44-11-3-4-12-44/h6-8,10,16,23-24,26,32H,3-5,9,11-15,17-22H2,1-2H3. The minimum atomic E-state index is -2.75. The first-order valence-electron chi connectivity index (χ1n) is 17.7. The largest absolute Gasteiger partial charge is 0.490 e. The SMILES string of the molecule is CC(C)N(CC(F)F)C(=O)c1cc(F)ccc1Oc1nncnc1N1CC2(CC(Oc3ccnc4c3CN(CCCN3CCCC3)CC4)C2)C1. The van der Waals surface area contributed by atoms with Gasteiger partial charge in [-0.3, -0.25) is 14.7 Å². The van der Waals surface area contributed by atoms with Crippen LogP contribution in [0.15, 0.2) is 36.8 Å². The number of aromatic nitrogens is 4. The van der Waals surface area contributed by atoms with Gasteiger partial charge < -0.3 is 24.2 Å². The molecular formula is C36H45F3N8O3. The second-order valence-electron chi connectivity index (χ2n) is 14.4. The third kappa shape index (κ3) is 7.51. The number of alkyl halides is 2. The first kappa shape index (κ1) is 34.4. The number of anilines is 1. The molecule has 0 radical (unpaired) electrons. The van der Waals surface area contributed by atoms with Crippen LogP contribution < -0.4 is 14.4 Å². The number of likely N-dealkylation sites (tertiary alicyclic amines) is 1. The van der Waals surface area contributed by atoms with Crippen molar-refractivity contribution in [3.05, 3.63) is 59.4 Å². The molecule has 14 heteroatoms. The molecule has 3 aliphatic heterocycles. The van der Waals surface area contributed by atoms with Gasteiger partial charge in [-0.2, -0.15) is 0 Å². The number of carbonyl (C=O) groups is 1. The van der Waals surface area contributed by atoms with E-state index in [1.54, 1.807) is 13.8 Å². The number of hydrogen-bond acceptors (Lipinski definition) is 10. The Morgan fingerprint density at radius 1 is 1.04 bits per heavy atom. The second kappa shape index (κ2) is 14.7. The molecule has 2 saturated heterocycles. The normalized spacial score (nSPS) is 19.1. The van der Waals surface area contributed by atoms with Crippen molar-refractivity contribution in [2.75, 3.05) is 57.3 Å². The summed E-state index contributed by atoms with van der Waals surface area (Å²) in [6, 6.07) is 4.88. The van der Waals surface area contributed by atoms with E-state index in [0.29, 0.717) is 18.9 Å². The lowest BCUT2D eigenvalue weighted by molar-refractivity contribution is -0.0353. The molecule has 0 atom stereocenters. The highest BCUT2D eigenvalue weighted by atomic mass is 19.3. The third-order valence-corrected chi connectivity index (χ3v) is 10.4. The Balaban J connectivity index is 0.960. The number of fused-ring (bicyclic) bond motifs is 1. The van der Waals surface area contributed by atoms with Crippen LogP contribution in [0.25, 0.3) is 0 Å². The first-order valence-corrected chi connectivity index (χ1v) is 17.7. The topological polar surface area (TPSA) is 100 Å². The number of rotatable bonds is 13. The molecule has 1 spiro atoms. The molecule has 268 valence electrons. The van der Waals surface area contributed by atoms with Crippen LogP contribution in [0.3, 0.4) is 0 Å². The molecule has 1 aliphatic carbocycles. The van der Waals surface area contributed by atoms with Gasteiger partial charge in [0.2, 0.25) is 0 Å². The van der Waals surface area contributed by atoms with Gasteiger partial charge in [-0.15, -0.1) is 10.2 Å². The van der Waals surface area contributed by atoms with Crippen LogP contribution in [-0.2, 0) is 13.0 Å². The van der Waals surface area contributed by atoms with E-state index >= 15 is 0 Å². The Morgan fingerprint density at radius 2 is 1.82 bits per heavy atom.